The van der Waals surface area contributed by atoms with Gasteiger partial charge in [-0.2, -0.15) is 0 Å². The zero-order valence-corrected chi connectivity index (χ0v) is 12.5. The van der Waals surface area contributed by atoms with Crippen molar-refractivity contribution in [1.82, 2.24) is 15.3 Å². The van der Waals surface area contributed by atoms with Crippen LogP contribution in [0, 0.1) is 0 Å². The minimum Gasteiger partial charge on any atom is -0.491 e. The Morgan fingerprint density at radius 2 is 2.32 bits per heavy atom. The molecule has 114 valence electrons. The lowest BCUT2D eigenvalue weighted by Gasteiger charge is -2.22. The third-order valence-electron chi connectivity index (χ3n) is 3.52. The smallest absolute Gasteiger partial charge is 0.269 e. The Labute approximate surface area is 129 Å². The molecule has 0 atom stereocenters. The highest BCUT2D eigenvalue weighted by atomic mass is 16.5. The summed E-state index contributed by atoms with van der Waals surface area (Å²) in [5.74, 6) is 0.716. The second kappa shape index (κ2) is 6.43. The number of amides is 1. The van der Waals surface area contributed by atoms with Crippen LogP contribution in [-0.2, 0) is 6.54 Å². The van der Waals surface area contributed by atoms with E-state index in [9.17, 15) is 4.79 Å². The fraction of sp³-hybridized carbons (Fsp3) is 0.312. The van der Waals surface area contributed by atoms with Crippen LogP contribution >= 0.6 is 0 Å². The number of anilines is 1. The summed E-state index contributed by atoms with van der Waals surface area (Å²) in [6.45, 7) is 4.50. The van der Waals surface area contributed by atoms with Crippen molar-refractivity contribution in [2.45, 2.75) is 13.5 Å². The van der Waals surface area contributed by atoms with Gasteiger partial charge in [-0.1, -0.05) is 0 Å². The van der Waals surface area contributed by atoms with Crippen molar-refractivity contribution >= 4 is 11.6 Å². The molecule has 0 spiro atoms. The van der Waals surface area contributed by atoms with Crippen molar-refractivity contribution in [3.05, 3.63) is 48.0 Å². The third kappa shape index (κ3) is 3.00. The number of ether oxygens (including phenoxy) is 1. The van der Waals surface area contributed by atoms with E-state index >= 15 is 0 Å². The van der Waals surface area contributed by atoms with Gasteiger partial charge in [0.15, 0.2) is 0 Å². The van der Waals surface area contributed by atoms with Crippen LogP contribution in [-0.4, -0.2) is 35.6 Å². The Kier molecular flexibility index (Phi) is 4.18. The largest absolute Gasteiger partial charge is 0.491 e. The fourth-order valence-corrected chi connectivity index (χ4v) is 2.44. The molecule has 0 aromatic carbocycles. The molecule has 1 aliphatic rings. The van der Waals surface area contributed by atoms with Crippen LogP contribution in [0.1, 0.15) is 23.0 Å². The molecular formula is C16H18N4O2. The lowest BCUT2D eigenvalue weighted by atomic mass is 10.2. The van der Waals surface area contributed by atoms with Crippen molar-refractivity contribution in [2.24, 2.45) is 0 Å². The molecule has 22 heavy (non-hydrogen) atoms. The molecule has 0 fully saturated rings. The monoisotopic (exact) mass is 298 g/mol. The standard InChI is InChI=1S/C16H18N4O2/c1-2-18-16(21)14-9-13(3-6-19-14)20-7-8-22-15-4-5-17-10-12(15)11-20/h3-6,9-10H,2,7-8,11H2,1H3,(H,18,21). The van der Waals surface area contributed by atoms with Gasteiger partial charge in [0.1, 0.15) is 18.1 Å². The van der Waals surface area contributed by atoms with Crippen LogP contribution < -0.4 is 15.0 Å². The molecule has 1 amide bonds. The summed E-state index contributed by atoms with van der Waals surface area (Å²) < 4.78 is 5.74. The van der Waals surface area contributed by atoms with E-state index in [0.717, 1.165) is 23.5 Å². The molecule has 1 N–H and O–H groups in total. The van der Waals surface area contributed by atoms with Gasteiger partial charge in [0.25, 0.3) is 5.91 Å². The van der Waals surface area contributed by atoms with Crippen molar-refractivity contribution in [2.75, 3.05) is 24.6 Å². The van der Waals surface area contributed by atoms with Gasteiger partial charge in [-0.15, -0.1) is 0 Å². The minimum atomic E-state index is -0.155. The van der Waals surface area contributed by atoms with E-state index in [1.807, 2.05) is 31.3 Å². The van der Waals surface area contributed by atoms with Gasteiger partial charge in [-0.25, -0.2) is 0 Å². The number of hydrogen-bond acceptors (Lipinski definition) is 5. The summed E-state index contributed by atoms with van der Waals surface area (Å²) in [5.41, 5.74) is 2.42. The molecular weight excluding hydrogens is 280 g/mol. The van der Waals surface area contributed by atoms with Gasteiger partial charge >= 0.3 is 0 Å². The summed E-state index contributed by atoms with van der Waals surface area (Å²) in [7, 11) is 0. The Balaban J connectivity index is 1.85. The van der Waals surface area contributed by atoms with E-state index in [4.69, 9.17) is 4.74 Å². The van der Waals surface area contributed by atoms with E-state index in [0.29, 0.717) is 25.4 Å². The molecule has 6 heteroatoms. The summed E-state index contributed by atoms with van der Waals surface area (Å²) >= 11 is 0. The first-order valence-corrected chi connectivity index (χ1v) is 7.33. The van der Waals surface area contributed by atoms with Crippen LogP contribution in [0.2, 0.25) is 0 Å². The average molecular weight is 298 g/mol. The quantitative estimate of drug-likeness (QED) is 0.933. The maximum atomic E-state index is 11.9. The molecule has 0 unspecified atom stereocenters. The Morgan fingerprint density at radius 3 is 3.18 bits per heavy atom. The fourth-order valence-electron chi connectivity index (χ4n) is 2.44. The zero-order chi connectivity index (χ0) is 15.4. The maximum Gasteiger partial charge on any atom is 0.269 e. The second-order valence-corrected chi connectivity index (χ2v) is 5.01. The van der Waals surface area contributed by atoms with Crippen molar-refractivity contribution < 1.29 is 9.53 Å². The predicted molar refractivity (Wildman–Crippen MR) is 83.0 cm³/mol. The Bertz CT molecular complexity index is 675. The number of carbonyl (C=O) groups is 1. The maximum absolute atomic E-state index is 11.9. The van der Waals surface area contributed by atoms with E-state index in [1.165, 1.54) is 0 Å². The van der Waals surface area contributed by atoms with Crippen molar-refractivity contribution in [3.8, 4) is 5.75 Å². The minimum absolute atomic E-state index is 0.155. The number of pyridine rings is 2. The number of carbonyl (C=O) groups excluding carboxylic acids is 1. The second-order valence-electron chi connectivity index (χ2n) is 5.01. The van der Waals surface area contributed by atoms with E-state index in [1.54, 1.807) is 12.4 Å². The number of hydrogen-bond donors (Lipinski definition) is 1. The number of aromatic nitrogens is 2. The lowest BCUT2D eigenvalue weighted by molar-refractivity contribution is 0.0951. The van der Waals surface area contributed by atoms with Gasteiger partial charge in [0.05, 0.1) is 6.54 Å². The van der Waals surface area contributed by atoms with Crippen LogP contribution in [0.4, 0.5) is 5.69 Å². The number of nitrogens with one attached hydrogen (secondary N) is 1. The SMILES string of the molecule is CCNC(=O)c1cc(N2CCOc3ccncc3C2)ccn1. The third-order valence-corrected chi connectivity index (χ3v) is 3.52. The van der Waals surface area contributed by atoms with Crippen LogP contribution in [0.15, 0.2) is 36.8 Å². The molecule has 0 aliphatic carbocycles. The molecule has 0 bridgehead atoms. The van der Waals surface area contributed by atoms with Crippen molar-refractivity contribution in [1.29, 1.82) is 0 Å². The van der Waals surface area contributed by atoms with Crippen LogP contribution in [0.3, 0.4) is 0 Å². The first-order chi connectivity index (χ1) is 10.8. The molecule has 2 aromatic heterocycles. The average Bonchev–Trinajstić information content (AvgIpc) is 2.77. The van der Waals surface area contributed by atoms with Crippen LogP contribution in [0.5, 0.6) is 5.75 Å². The molecule has 2 aromatic rings. The highest BCUT2D eigenvalue weighted by molar-refractivity contribution is 5.93. The van der Waals surface area contributed by atoms with E-state index < -0.39 is 0 Å². The lowest BCUT2D eigenvalue weighted by Crippen LogP contribution is -2.27. The van der Waals surface area contributed by atoms with Crippen LogP contribution in [0.25, 0.3) is 0 Å². The molecule has 6 nitrogen and oxygen atoms in total. The summed E-state index contributed by atoms with van der Waals surface area (Å²) in [5, 5.41) is 2.77. The Morgan fingerprint density at radius 1 is 1.41 bits per heavy atom. The normalized spacial score (nSPS) is 13.8. The first-order valence-electron chi connectivity index (χ1n) is 7.33. The Hall–Kier alpha value is -2.63. The molecule has 0 saturated carbocycles. The topological polar surface area (TPSA) is 67.4 Å². The van der Waals surface area contributed by atoms with E-state index in [2.05, 4.69) is 20.2 Å². The van der Waals surface area contributed by atoms with Gasteiger partial charge in [0.2, 0.25) is 0 Å². The summed E-state index contributed by atoms with van der Waals surface area (Å²) in [6, 6.07) is 5.60. The molecule has 0 saturated heterocycles. The van der Waals surface area contributed by atoms with Gasteiger partial charge < -0.3 is 15.0 Å². The first kappa shape index (κ1) is 14.3. The highest BCUT2D eigenvalue weighted by Gasteiger charge is 2.17. The number of nitrogens with zero attached hydrogens (tertiary/aromatic N) is 3. The molecule has 3 heterocycles. The molecule has 0 radical (unpaired) electrons. The van der Waals surface area contributed by atoms with Gasteiger partial charge in [-0.3, -0.25) is 14.8 Å². The summed E-state index contributed by atoms with van der Waals surface area (Å²) in [4.78, 5) is 22.4. The van der Waals surface area contributed by atoms with Gasteiger partial charge in [-0.05, 0) is 25.1 Å². The highest BCUT2D eigenvalue weighted by Crippen LogP contribution is 2.25. The molecule has 1 aliphatic heterocycles. The summed E-state index contributed by atoms with van der Waals surface area (Å²) in [6.07, 6.45) is 5.21. The zero-order valence-electron chi connectivity index (χ0n) is 12.5. The number of rotatable bonds is 3. The predicted octanol–water partition coefficient (Wildman–Crippen LogP) is 1.63. The van der Waals surface area contributed by atoms with E-state index in [-0.39, 0.29) is 5.91 Å². The van der Waals surface area contributed by atoms with Crippen molar-refractivity contribution in [3.63, 3.8) is 0 Å². The number of fused-ring (bicyclic) bond motifs is 1. The van der Waals surface area contributed by atoms with Gasteiger partial charge in [0, 0.05) is 42.9 Å². The molecule has 3 rings (SSSR count).